The summed E-state index contributed by atoms with van der Waals surface area (Å²) in [6, 6.07) is 0. The van der Waals surface area contributed by atoms with Crippen LogP contribution in [0.4, 0.5) is 0 Å². The third kappa shape index (κ3) is 3.35. The Morgan fingerprint density at radius 3 is 2.50 bits per heavy atom. The Morgan fingerprint density at radius 2 is 1.85 bits per heavy atom. The predicted molar refractivity (Wildman–Crippen MR) is 72.9 cm³/mol. The second kappa shape index (κ2) is 6.50. The maximum absolute atomic E-state index is 12.0. The Morgan fingerprint density at radius 1 is 1.15 bits per heavy atom. The molecule has 0 aromatic carbocycles. The molecule has 1 fully saturated rings. The van der Waals surface area contributed by atoms with E-state index in [9.17, 15) is 14.4 Å². The predicted octanol–water partition coefficient (Wildman–Crippen LogP) is 1.39. The fourth-order valence-electron chi connectivity index (χ4n) is 2.48. The Balaban J connectivity index is 1.89. The van der Waals surface area contributed by atoms with Crippen LogP contribution in [0.5, 0.6) is 0 Å². The average Bonchev–Trinajstić information content (AvgIpc) is 2.48. The van der Waals surface area contributed by atoms with E-state index in [0.717, 1.165) is 25.9 Å². The van der Waals surface area contributed by atoms with Gasteiger partial charge in [-0.15, -0.1) is 0 Å². The van der Waals surface area contributed by atoms with Crippen LogP contribution in [-0.4, -0.2) is 42.6 Å². The molecular formula is C15H19NO4. The third-order valence-electron chi connectivity index (χ3n) is 3.66. The summed E-state index contributed by atoms with van der Waals surface area (Å²) in [7, 11) is 1.36. The minimum Gasteiger partial charge on any atom is -0.493 e. The zero-order chi connectivity index (χ0) is 14.5. The Labute approximate surface area is 118 Å². The average molecular weight is 277 g/mol. The van der Waals surface area contributed by atoms with Crippen LogP contribution in [0.1, 0.15) is 32.1 Å². The number of nitrogens with zero attached hydrogens (tertiary/aromatic N) is 1. The molecule has 2 aliphatic rings. The minimum atomic E-state index is -0.312. The normalized spacial score (nSPS) is 19.6. The molecule has 0 atom stereocenters. The van der Waals surface area contributed by atoms with E-state index in [-0.39, 0.29) is 29.7 Å². The van der Waals surface area contributed by atoms with Gasteiger partial charge in [0.25, 0.3) is 0 Å². The highest BCUT2D eigenvalue weighted by molar-refractivity contribution is 6.19. The molecule has 5 heteroatoms. The van der Waals surface area contributed by atoms with Crippen molar-refractivity contribution in [3.8, 4) is 0 Å². The number of carbonyl (C=O) groups is 3. The standard InChI is InChI=1S/C15H19NO4/c1-20-14-10-12(17)11(9-13(14)18)5-6-15(19)16-7-3-2-4-8-16/h9-10H,2-8H2,1H3. The fourth-order valence-corrected chi connectivity index (χ4v) is 2.48. The SMILES string of the molecule is COC1=CC(=O)C(CCC(=O)N2CCCCC2)=CC1=O. The molecule has 1 aliphatic carbocycles. The van der Waals surface area contributed by atoms with Crippen LogP contribution < -0.4 is 0 Å². The maximum Gasteiger partial charge on any atom is 0.222 e. The molecule has 1 amide bonds. The van der Waals surface area contributed by atoms with Gasteiger partial charge in [0, 0.05) is 31.2 Å². The zero-order valence-corrected chi connectivity index (χ0v) is 11.7. The maximum atomic E-state index is 12.0. The number of amides is 1. The van der Waals surface area contributed by atoms with E-state index < -0.39 is 0 Å². The van der Waals surface area contributed by atoms with Gasteiger partial charge in [-0.3, -0.25) is 14.4 Å². The quantitative estimate of drug-likeness (QED) is 0.728. The lowest BCUT2D eigenvalue weighted by Crippen LogP contribution is -2.35. The molecule has 0 spiro atoms. The van der Waals surface area contributed by atoms with Gasteiger partial charge in [0.15, 0.2) is 11.5 Å². The van der Waals surface area contributed by atoms with Crippen LogP contribution in [0, 0.1) is 0 Å². The van der Waals surface area contributed by atoms with Crippen LogP contribution in [0.2, 0.25) is 0 Å². The zero-order valence-electron chi connectivity index (χ0n) is 11.7. The monoisotopic (exact) mass is 277 g/mol. The topological polar surface area (TPSA) is 63.7 Å². The Kier molecular flexibility index (Phi) is 4.71. The van der Waals surface area contributed by atoms with Crippen molar-refractivity contribution >= 4 is 17.5 Å². The van der Waals surface area contributed by atoms with Gasteiger partial charge < -0.3 is 9.64 Å². The first-order valence-corrected chi connectivity index (χ1v) is 6.94. The number of piperidine rings is 1. The van der Waals surface area contributed by atoms with E-state index in [2.05, 4.69) is 0 Å². The number of allylic oxidation sites excluding steroid dienone is 3. The third-order valence-corrected chi connectivity index (χ3v) is 3.66. The molecule has 0 aromatic rings. The van der Waals surface area contributed by atoms with Gasteiger partial charge in [-0.1, -0.05) is 0 Å². The molecule has 1 aliphatic heterocycles. The summed E-state index contributed by atoms with van der Waals surface area (Å²) in [5, 5.41) is 0. The number of ether oxygens (including phenoxy) is 1. The van der Waals surface area contributed by atoms with Gasteiger partial charge in [-0.25, -0.2) is 0 Å². The van der Waals surface area contributed by atoms with Crippen LogP contribution >= 0.6 is 0 Å². The van der Waals surface area contributed by atoms with Gasteiger partial charge in [0.2, 0.25) is 11.7 Å². The molecule has 0 N–H and O–H groups in total. The van der Waals surface area contributed by atoms with Crippen molar-refractivity contribution < 1.29 is 19.1 Å². The molecule has 0 radical (unpaired) electrons. The molecule has 1 heterocycles. The second-order valence-corrected chi connectivity index (χ2v) is 5.05. The smallest absolute Gasteiger partial charge is 0.222 e. The number of ketones is 2. The summed E-state index contributed by atoms with van der Waals surface area (Å²) in [6.45, 7) is 1.61. The largest absolute Gasteiger partial charge is 0.493 e. The van der Waals surface area contributed by atoms with Gasteiger partial charge in [0.1, 0.15) is 0 Å². The number of hydrogen-bond donors (Lipinski definition) is 0. The number of methoxy groups -OCH3 is 1. The molecule has 1 saturated heterocycles. The van der Waals surface area contributed by atoms with E-state index in [1.54, 1.807) is 0 Å². The van der Waals surface area contributed by atoms with Gasteiger partial charge in [-0.05, 0) is 31.8 Å². The lowest BCUT2D eigenvalue weighted by Gasteiger charge is -2.26. The van der Waals surface area contributed by atoms with E-state index in [1.807, 2.05) is 4.90 Å². The number of hydrogen-bond acceptors (Lipinski definition) is 4. The van der Waals surface area contributed by atoms with Crippen LogP contribution in [0.25, 0.3) is 0 Å². The summed E-state index contributed by atoms with van der Waals surface area (Å²) >= 11 is 0. The highest BCUT2D eigenvalue weighted by atomic mass is 16.5. The lowest BCUT2D eigenvalue weighted by atomic mass is 9.97. The molecular weight excluding hydrogens is 258 g/mol. The van der Waals surface area contributed by atoms with Crippen molar-refractivity contribution in [2.45, 2.75) is 32.1 Å². The summed E-state index contributed by atoms with van der Waals surface area (Å²) in [4.78, 5) is 37.3. The van der Waals surface area contributed by atoms with E-state index >= 15 is 0 Å². The molecule has 0 bridgehead atoms. The molecule has 0 saturated carbocycles. The minimum absolute atomic E-state index is 0.0566. The lowest BCUT2D eigenvalue weighted by molar-refractivity contribution is -0.132. The molecule has 0 unspecified atom stereocenters. The van der Waals surface area contributed by atoms with Crippen molar-refractivity contribution in [3.05, 3.63) is 23.5 Å². The first-order valence-electron chi connectivity index (χ1n) is 6.94. The van der Waals surface area contributed by atoms with Gasteiger partial charge in [-0.2, -0.15) is 0 Å². The number of rotatable bonds is 4. The first-order chi connectivity index (χ1) is 9.61. The highest BCUT2D eigenvalue weighted by Gasteiger charge is 2.22. The molecule has 2 rings (SSSR count). The van der Waals surface area contributed by atoms with Gasteiger partial charge in [0.05, 0.1) is 7.11 Å². The first kappa shape index (κ1) is 14.5. The number of likely N-dealkylation sites (tertiary alicyclic amines) is 1. The Hall–Kier alpha value is -1.91. The second-order valence-electron chi connectivity index (χ2n) is 5.05. The number of carbonyl (C=O) groups excluding carboxylic acids is 3. The van der Waals surface area contributed by atoms with Crippen molar-refractivity contribution in [3.63, 3.8) is 0 Å². The van der Waals surface area contributed by atoms with Gasteiger partial charge >= 0.3 is 0 Å². The molecule has 0 aromatic heterocycles. The highest BCUT2D eigenvalue weighted by Crippen LogP contribution is 2.18. The van der Waals surface area contributed by atoms with Crippen molar-refractivity contribution in [2.75, 3.05) is 20.2 Å². The summed E-state index contributed by atoms with van der Waals surface area (Å²) in [5.74, 6) is -0.436. The van der Waals surface area contributed by atoms with Crippen molar-refractivity contribution in [1.29, 1.82) is 0 Å². The summed E-state index contributed by atoms with van der Waals surface area (Å²) in [5.41, 5.74) is 0.390. The van der Waals surface area contributed by atoms with E-state index in [1.165, 1.54) is 25.7 Å². The molecule has 20 heavy (non-hydrogen) atoms. The van der Waals surface area contributed by atoms with E-state index in [4.69, 9.17) is 4.74 Å². The summed E-state index contributed by atoms with van der Waals surface area (Å²) in [6.07, 6.45) is 6.34. The molecule has 108 valence electrons. The van der Waals surface area contributed by atoms with Crippen LogP contribution in [0.15, 0.2) is 23.5 Å². The fraction of sp³-hybridized carbons (Fsp3) is 0.533. The van der Waals surface area contributed by atoms with Crippen LogP contribution in [-0.2, 0) is 19.1 Å². The van der Waals surface area contributed by atoms with E-state index in [0.29, 0.717) is 12.0 Å². The van der Waals surface area contributed by atoms with Crippen molar-refractivity contribution in [2.24, 2.45) is 0 Å². The Bertz CT molecular complexity index is 484. The summed E-state index contributed by atoms with van der Waals surface area (Å²) < 4.78 is 4.81. The van der Waals surface area contributed by atoms with Crippen molar-refractivity contribution in [1.82, 2.24) is 4.90 Å². The molecule has 5 nitrogen and oxygen atoms in total. The van der Waals surface area contributed by atoms with Crippen LogP contribution in [0.3, 0.4) is 0 Å².